The summed E-state index contributed by atoms with van der Waals surface area (Å²) < 4.78 is 1.72. The van der Waals surface area contributed by atoms with Crippen LogP contribution < -0.4 is 0 Å². The molecule has 0 bridgehead atoms. The first kappa shape index (κ1) is 13.9. The number of hydrogen-bond donors (Lipinski definition) is 2. The number of aromatic nitrogens is 1. The van der Waals surface area contributed by atoms with Crippen LogP contribution in [0.25, 0.3) is 10.9 Å². The molecule has 0 fully saturated rings. The van der Waals surface area contributed by atoms with Crippen LogP contribution in [-0.2, 0) is 6.54 Å². The fourth-order valence-corrected chi connectivity index (χ4v) is 2.49. The standard InChI is InChI=1S/C17H13NO4/c19-16(20)12-7-5-11(6-8-12)10-18-14-4-2-1-3-13(14)9-15(18)17(21)22/h1-9H,10H2,(H,19,20)(H,21,22). The second kappa shape index (κ2) is 5.37. The lowest BCUT2D eigenvalue weighted by atomic mass is 10.1. The SMILES string of the molecule is O=C(O)c1ccc(Cn2c(C(=O)O)cc3ccccc32)cc1. The van der Waals surface area contributed by atoms with Gasteiger partial charge in [-0.25, -0.2) is 9.59 Å². The zero-order chi connectivity index (χ0) is 15.7. The quantitative estimate of drug-likeness (QED) is 0.775. The van der Waals surface area contributed by atoms with Crippen molar-refractivity contribution in [1.82, 2.24) is 4.57 Å². The van der Waals surface area contributed by atoms with Crippen LogP contribution in [0.4, 0.5) is 0 Å². The smallest absolute Gasteiger partial charge is 0.352 e. The van der Waals surface area contributed by atoms with E-state index < -0.39 is 11.9 Å². The monoisotopic (exact) mass is 295 g/mol. The van der Waals surface area contributed by atoms with Crippen molar-refractivity contribution in [3.8, 4) is 0 Å². The molecule has 1 heterocycles. The molecule has 0 atom stereocenters. The maximum absolute atomic E-state index is 11.4. The number of carboxylic acid groups (broad SMARTS) is 2. The number of fused-ring (bicyclic) bond motifs is 1. The first-order chi connectivity index (χ1) is 10.6. The van der Waals surface area contributed by atoms with Crippen LogP contribution in [0, 0.1) is 0 Å². The lowest BCUT2D eigenvalue weighted by Gasteiger charge is -2.09. The first-order valence-corrected chi connectivity index (χ1v) is 6.70. The molecule has 0 saturated carbocycles. The molecule has 0 saturated heterocycles. The number of rotatable bonds is 4. The average Bonchev–Trinajstić information content (AvgIpc) is 2.87. The molecule has 0 aliphatic carbocycles. The maximum atomic E-state index is 11.4. The van der Waals surface area contributed by atoms with Gasteiger partial charge in [-0.3, -0.25) is 0 Å². The summed E-state index contributed by atoms with van der Waals surface area (Å²) in [5, 5.41) is 19.1. The molecule has 3 aromatic rings. The van der Waals surface area contributed by atoms with Gasteiger partial charge in [0.05, 0.1) is 5.56 Å². The number of para-hydroxylation sites is 1. The van der Waals surface area contributed by atoms with Gasteiger partial charge >= 0.3 is 11.9 Å². The number of hydrogen-bond acceptors (Lipinski definition) is 2. The number of nitrogens with zero attached hydrogens (tertiary/aromatic N) is 1. The predicted octanol–water partition coefficient (Wildman–Crippen LogP) is 3.09. The van der Waals surface area contributed by atoms with Gasteiger partial charge in [-0.05, 0) is 29.8 Å². The molecule has 110 valence electrons. The zero-order valence-electron chi connectivity index (χ0n) is 11.6. The van der Waals surface area contributed by atoms with Crippen LogP contribution in [0.2, 0.25) is 0 Å². The minimum atomic E-state index is -0.988. The van der Waals surface area contributed by atoms with Crippen molar-refractivity contribution in [3.63, 3.8) is 0 Å². The fraction of sp³-hybridized carbons (Fsp3) is 0.0588. The number of carbonyl (C=O) groups is 2. The summed E-state index contributed by atoms with van der Waals surface area (Å²) in [7, 11) is 0. The molecule has 0 spiro atoms. The van der Waals surface area contributed by atoms with E-state index in [1.807, 2.05) is 24.3 Å². The summed E-state index contributed by atoms with van der Waals surface area (Å²) in [5.74, 6) is -1.97. The Bertz CT molecular complexity index is 862. The van der Waals surface area contributed by atoms with Gasteiger partial charge in [-0.15, -0.1) is 0 Å². The van der Waals surface area contributed by atoms with Crippen LogP contribution in [0.1, 0.15) is 26.4 Å². The highest BCUT2D eigenvalue weighted by Crippen LogP contribution is 2.21. The van der Waals surface area contributed by atoms with Gasteiger partial charge < -0.3 is 14.8 Å². The maximum Gasteiger partial charge on any atom is 0.352 e. The molecule has 5 heteroatoms. The van der Waals surface area contributed by atoms with Gasteiger partial charge in [0.25, 0.3) is 0 Å². The van der Waals surface area contributed by atoms with E-state index in [9.17, 15) is 14.7 Å². The Labute approximate surface area is 126 Å². The largest absolute Gasteiger partial charge is 0.478 e. The van der Waals surface area contributed by atoms with Gasteiger partial charge in [-0.1, -0.05) is 30.3 Å². The Morgan fingerprint density at radius 2 is 1.59 bits per heavy atom. The third-order valence-corrected chi connectivity index (χ3v) is 3.57. The zero-order valence-corrected chi connectivity index (χ0v) is 11.6. The van der Waals surface area contributed by atoms with Crippen molar-refractivity contribution in [2.45, 2.75) is 6.54 Å². The van der Waals surface area contributed by atoms with Gasteiger partial charge in [0.2, 0.25) is 0 Å². The van der Waals surface area contributed by atoms with Gasteiger partial charge in [0, 0.05) is 17.4 Å². The molecule has 22 heavy (non-hydrogen) atoms. The van der Waals surface area contributed by atoms with Crippen LogP contribution in [0.5, 0.6) is 0 Å². The Kier molecular flexibility index (Phi) is 3.39. The lowest BCUT2D eigenvalue weighted by Crippen LogP contribution is -2.09. The summed E-state index contributed by atoms with van der Waals surface area (Å²) in [6.07, 6.45) is 0. The molecule has 0 amide bonds. The third-order valence-electron chi connectivity index (χ3n) is 3.57. The Morgan fingerprint density at radius 1 is 0.909 bits per heavy atom. The highest BCUT2D eigenvalue weighted by atomic mass is 16.4. The van der Waals surface area contributed by atoms with E-state index in [1.165, 1.54) is 12.1 Å². The molecular weight excluding hydrogens is 282 g/mol. The molecule has 1 aromatic heterocycles. The molecule has 0 radical (unpaired) electrons. The summed E-state index contributed by atoms with van der Waals surface area (Å²) in [6.45, 7) is 0.370. The van der Waals surface area contributed by atoms with E-state index in [0.717, 1.165) is 16.5 Å². The Morgan fingerprint density at radius 3 is 2.23 bits per heavy atom. The second-order valence-electron chi connectivity index (χ2n) is 4.98. The Hall–Kier alpha value is -3.08. The second-order valence-corrected chi connectivity index (χ2v) is 4.98. The number of aromatic carboxylic acids is 2. The van der Waals surface area contributed by atoms with E-state index in [4.69, 9.17) is 5.11 Å². The summed E-state index contributed by atoms with van der Waals surface area (Å²) in [6, 6.07) is 15.5. The van der Waals surface area contributed by atoms with Gasteiger partial charge in [0.1, 0.15) is 5.69 Å². The van der Waals surface area contributed by atoms with Crippen molar-refractivity contribution < 1.29 is 19.8 Å². The van der Waals surface area contributed by atoms with Crippen molar-refractivity contribution in [3.05, 3.63) is 71.4 Å². The summed E-state index contributed by atoms with van der Waals surface area (Å²) in [5.41, 5.74) is 2.10. The van der Waals surface area contributed by atoms with Crippen LogP contribution in [0.15, 0.2) is 54.6 Å². The highest BCUT2D eigenvalue weighted by molar-refractivity contribution is 5.94. The van der Waals surface area contributed by atoms with E-state index >= 15 is 0 Å². The van der Waals surface area contributed by atoms with E-state index in [2.05, 4.69) is 0 Å². The van der Waals surface area contributed by atoms with Crippen molar-refractivity contribution in [1.29, 1.82) is 0 Å². The molecular formula is C17H13NO4. The number of benzene rings is 2. The summed E-state index contributed by atoms with van der Waals surface area (Å²) >= 11 is 0. The normalized spacial score (nSPS) is 10.7. The minimum Gasteiger partial charge on any atom is -0.478 e. The minimum absolute atomic E-state index is 0.208. The highest BCUT2D eigenvalue weighted by Gasteiger charge is 2.14. The average molecular weight is 295 g/mol. The van der Waals surface area contributed by atoms with Crippen molar-refractivity contribution in [2.75, 3.05) is 0 Å². The topological polar surface area (TPSA) is 79.5 Å². The first-order valence-electron chi connectivity index (χ1n) is 6.70. The molecule has 0 aliphatic rings. The third kappa shape index (κ3) is 2.44. The van der Waals surface area contributed by atoms with Crippen LogP contribution in [0.3, 0.4) is 0 Å². The van der Waals surface area contributed by atoms with E-state index in [-0.39, 0.29) is 11.3 Å². The Balaban J connectivity index is 2.04. The van der Waals surface area contributed by atoms with Crippen molar-refractivity contribution in [2.24, 2.45) is 0 Å². The van der Waals surface area contributed by atoms with Gasteiger partial charge in [-0.2, -0.15) is 0 Å². The van der Waals surface area contributed by atoms with E-state index in [0.29, 0.717) is 6.54 Å². The molecule has 5 nitrogen and oxygen atoms in total. The molecule has 0 unspecified atom stereocenters. The predicted molar refractivity (Wildman–Crippen MR) is 81.4 cm³/mol. The molecule has 2 aromatic carbocycles. The number of carboxylic acids is 2. The summed E-state index contributed by atoms with van der Waals surface area (Å²) in [4.78, 5) is 22.3. The van der Waals surface area contributed by atoms with Crippen molar-refractivity contribution >= 4 is 22.8 Å². The fourth-order valence-electron chi connectivity index (χ4n) is 2.49. The molecule has 3 rings (SSSR count). The van der Waals surface area contributed by atoms with Gasteiger partial charge in [0.15, 0.2) is 0 Å². The lowest BCUT2D eigenvalue weighted by molar-refractivity contribution is 0.0680. The molecule has 0 aliphatic heterocycles. The van der Waals surface area contributed by atoms with Crippen LogP contribution >= 0.6 is 0 Å². The molecule has 2 N–H and O–H groups in total. The van der Waals surface area contributed by atoms with E-state index in [1.54, 1.807) is 22.8 Å². The van der Waals surface area contributed by atoms with Crippen LogP contribution in [-0.4, -0.2) is 26.7 Å².